The van der Waals surface area contributed by atoms with Gasteiger partial charge in [-0.15, -0.1) is 0 Å². The highest BCUT2D eigenvalue weighted by Gasteiger charge is 2.24. The molecule has 0 fully saturated rings. The number of hydrogen-bond acceptors (Lipinski definition) is 3. The summed E-state index contributed by atoms with van der Waals surface area (Å²) in [5.74, 6) is 0.907. The number of aromatic amines is 2. The summed E-state index contributed by atoms with van der Waals surface area (Å²) in [6.07, 6.45) is 0.917. The summed E-state index contributed by atoms with van der Waals surface area (Å²) >= 11 is 6.15. The second-order valence-electron chi connectivity index (χ2n) is 6.29. The Morgan fingerprint density at radius 2 is 2.00 bits per heavy atom. The van der Waals surface area contributed by atoms with Crippen molar-refractivity contribution >= 4 is 28.6 Å². The minimum Gasteiger partial charge on any atom is -0.338 e. The van der Waals surface area contributed by atoms with Crippen molar-refractivity contribution in [1.82, 2.24) is 20.2 Å². The van der Waals surface area contributed by atoms with Gasteiger partial charge in [-0.2, -0.15) is 5.10 Å². The lowest BCUT2D eigenvalue weighted by molar-refractivity contribution is 0.705. The van der Waals surface area contributed by atoms with E-state index in [0.29, 0.717) is 0 Å². The molecular weight excluding hydrogens is 334 g/mol. The van der Waals surface area contributed by atoms with Gasteiger partial charge >= 0.3 is 0 Å². The van der Waals surface area contributed by atoms with Crippen LogP contribution >= 0.6 is 11.6 Å². The predicted molar refractivity (Wildman–Crippen MR) is 99.9 cm³/mol. The molecule has 124 valence electrons. The van der Waals surface area contributed by atoms with Crippen LogP contribution in [0.25, 0.3) is 22.3 Å². The first kappa shape index (κ1) is 14.5. The van der Waals surface area contributed by atoms with Crippen molar-refractivity contribution in [3.05, 3.63) is 64.8 Å². The summed E-state index contributed by atoms with van der Waals surface area (Å²) in [5, 5.41) is 8.45. The highest BCUT2D eigenvalue weighted by atomic mass is 35.5. The van der Waals surface area contributed by atoms with Crippen LogP contribution in [-0.2, 0) is 13.0 Å². The average molecular weight is 350 g/mol. The van der Waals surface area contributed by atoms with E-state index in [9.17, 15) is 0 Å². The van der Waals surface area contributed by atoms with Crippen molar-refractivity contribution in [3.8, 4) is 11.3 Å². The molecule has 0 saturated carbocycles. The smallest absolute Gasteiger partial charge is 0.204 e. The lowest BCUT2D eigenvalue weighted by Crippen LogP contribution is -2.31. The van der Waals surface area contributed by atoms with E-state index in [2.05, 4.69) is 26.1 Å². The van der Waals surface area contributed by atoms with E-state index >= 15 is 0 Å². The Morgan fingerprint density at radius 1 is 1.08 bits per heavy atom. The summed E-state index contributed by atoms with van der Waals surface area (Å²) < 4.78 is 0. The van der Waals surface area contributed by atoms with Gasteiger partial charge in [0.05, 0.1) is 16.7 Å². The van der Waals surface area contributed by atoms with E-state index in [0.717, 1.165) is 52.8 Å². The second kappa shape index (κ2) is 5.63. The van der Waals surface area contributed by atoms with Crippen LogP contribution in [0, 0.1) is 0 Å². The number of imidazole rings is 1. The lowest BCUT2D eigenvalue weighted by atomic mass is 10.0. The number of nitrogens with zero attached hydrogens (tertiary/aromatic N) is 3. The minimum absolute atomic E-state index is 0.721. The molecule has 3 heterocycles. The molecule has 0 unspecified atom stereocenters. The first-order chi connectivity index (χ1) is 12.3. The topological polar surface area (TPSA) is 60.6 Å². The maximum Gasteiger partial charge on any atom is 0.204 e. The maximum atomic E-state index is 6.15. The fraction of sp³-hybridized carbons (Fsp3) is 0.158. The third-order valence-electron chi connectivity index (χ3n) is 4.71. The van der Waals surface area contributed by atoms with E-state index in [1.807, 2.05) is 42.5 Å². The number of fused-ring (bicyclic) bond motifs is 2. The van der Waals surface area contributed by atoms with Crippen molar-refractivity contribution in [2.75, 3.05) is 11.4 Å². The molecule has 5 rings (SSSR count). The van der Waals surface area contributed by atoms with Crippen molar-refractivity contribution in [2.24, 2.45) is 0 Å². The molecule has 25 heavy (non-hydrogen) atoms. The largest absolute Gasteiger partial charge is 0.338 e. The fourth-order valence-corrected chi connectivity index (χ4v) is 3.63. The normalized spacial score (nSPS) is 14.0. The first-order valence-corrected chi connectivity index (χ1v) is 8.67. The molecule has 5 nitrogen and oxygen atoms in total. The number of rotatable bonds is 2. The van der Waals surface area contributed by atoms with E-state index in [1.165, 1.54) is 11.3 Å². The maximum absolute atomic E-state index is 6.15. The van der Waals surface area contributed by atoms with Crippen LogP contribution in [0.15, 0.2) is 48.5 Å². The number of nitrogens with one attached hydrogen (secondary N) is 2. The van der Waals surface area contributed by atoms with Crippen molar-refractivity contribution in [1.29, 1.82) is 0 Å². The molecule has 6 heteroatoms. The van der Waals surface area contributed by atoms with Gasteiger partial charge in [-0.25, -0.2) is 4.98 Å². The molecule has 0 spiro atoms. The Bertz CT molecular complexity index is 1030. The molecule has 2 N–H and O–H groups in total. The zero-order valence-electron chi connectivity index (χ0n) is 13.5. The van der Waals surface area contributed by atoms with Crippen molar-refractivity contribution < 1.29 is 0 Å². The molecule has 2 aromatic heterocycles. The number of para-hydroxylation sites is 2. The van der Waals surface area contributed by atoms with Gasteiger partial charge < -0.3 is 9.88 Å². The Morgan fingerprint density at radius 3 is 2.88 bits per heavy atom. The van der Waals surface area contributed by atoms with Crippen LogP contribution in [0.1, 0.15) is 11.3 Å². The van der Waals surface area contributed by atoms with Gasteiger partial charge in [0.15, 0.2) is 0 Å². The molecule has 2 aromatic carbocycles. The number of hydrogen-bond donors (Lipinski definition) is 2. The Balaban J connectivity index is 1.52. The second-order valence-corrected chi connectivity index (χ2v) is 6.73. The molecule has 1 aliphatic rings. The minimum atomic E-state index is 0.721. The molecule has 0 radical (unpaired) electrons. The van der Waals surface area contributed by atoms with Gasteiger partial charge in [-0.1, -0.05) is 35.9 Å². The van der Waals surface area contributed by atoms with Crippen molar-refractivity contribution in [3.63, 3.8) is 0 Å². The molecule has 0 atom stereocenters. The number of halogens is 1. The SMILES string of the molecule is Clc1cccc(-c2n[nH]c3c2CN(c2nc4ccccc4[nH]2)CC3)c1. The van der Waals surface area contributed by atoms with Gasteiger partial charge in [-0.05, 0) is 24.3 Å². The first-order valence-electron chi connectivity index (χ1n) is 8.30. The van der Waals surface area contributed by atoms with Crippen molar-refractivity contribution in [2.45, 2.75) is 13.0 Å². The van der Waals surface area contributed by atoms with Crippen LogP contribution in [-0.4, -0.2) is 26.7 Å². The molecule has 4 aromatic rings. The van der Waals surface area contributed by atoms with Gasteiger partial charge in [0, 0.05) is 41.4 Å². The summed E-state index contributed by atoms with van der Waals surface area (Å²) in [7, 11) is 0. The van der Waals surface area contributed by atoms with Crippen LogP contribution in [0.3, 0.4) is 0 Å². The van der Waals surface area contributed by atoms with Gasteiger partial charge in [0.25, 0.3) is 0 Å². The average Bonchev–Trinajstić information content (AvgIpc) is 3.25. The molecule has 0 bridgehead atoms. The number of benzene rings is 2. The van der Waals surface area contributed by atoms with E-state index in [1.54, 1.807) is 0 Å². The summed E-state index contributed by atoms with van der Waals surface area (Å²) in [5.41, 5.74) is 6.47. The van der Waals surface area contributed by atoms with E-state index in [-0.39, 0.29) is 0 Å². The third kappa shape index (κ3) is 2.48. The standard InChI is InChI=1S/C19H16ClN5/c20-13-5-3-4-12(10-13)18-14-11-25(9-8-15(14)23-24-18)19-21-16-6-1-2-7-17(16)22-19/h1-7,10H,8-9,11H2,(H,21,22)(H,23,24). The quantitative estimate of drug-likeness (QED) is 0.571. The van der Waals surface area contributed by atoms with Gasteiger partial charge in [0.1, 0.15) is 0 Å². The monoisotopic (exact) mass is 349 g/mol. The third-order valence-corrected chi connectivity index (χ3v) is 4.94. The molecule has 0 amide bonds. The highest BCUT2D eigenvalue weighted by Crippen LogP contribution is 2.31. The van der Waals surface area contributed by atoms with Crippen LogP contribution in [0.4, 0.5) is 5.95 Å². The summed E-state index contributed by atoms with van der Waals surface area (Å²) in [6, 6.07) is 15.9. The Labute approximate surface area is 149 Å². The summed E-state index contributed by atoms with van der Waals surface area (Å²) in [4.78, 5) is 10.4. The zero-order valence-corrected chi connectivity index (χ0v) is 14.2. The van der Waals surface area contributed by atoms with E-state index < -0.39 is 0 Å². The Hall–Kier alpha value is -2.79. The zero-order chi connectivity index (χ0) is 16.8. The van der Waals surface area contributed by atoms with Crippen LogP contribution in [0.2, 0.25) is 5.02 Å². The van der Waals surface area contributed by atoms with Gasteiger partial charge in [0.2, 0.25) is 5.95 Å². The van der Waals surface area contributed by atoms with E-state index in [4.69, 9.17) is 16.6 Å². The molecule has 1 aliphatic heterocycles. The number of anilines is 1. The van der Waals surface area contributed by atoms with Gasteiger partial charge in [-0.3, -0.25) is 5.10 Å². The summed E-state index contributed by atoms with van der Waals surface area (Å²) in [6.45, 7) is 1.68. The highest BCUT2D eigenvalue weighted by molar-refractivity contribution is 6.30. The molecule has 0 aliphatic carbocycles. The molecule has 0 saturated heterocycles. The van der Waals surface area contributed by atoms with Crippen LogP contribution < -0.4 is 4.90 Å². The number of H-pyrrole nitrogens is 2. The van der Waals surface area contributed by atoms with Crippen LogP contribution in [0.5, 0.6) is 0 Å². The Kier molecular flexibility index (Phi) is 3.28. The lowest BCUT2D eigenvalue weighted by Gasteiger charge is -2.26. The predicted octanol–water partition coefficient (Wildman–Crippen LogP) is 4.17. The fourth-order valence-electron chi connectivity index (χ4n) is 3.44. The number of aromatic nitrogens is 4. The molecular formula is C19H16ClN5.